The van der Waals surface area contributed by atoms with Crippen LogP contribution in [0.4, 0.5) is 10.2 Å². The lowest BCUT2D eigenvalue weighted by Gasteiger charge is -2.29. The Morgan fingerprint density at radius 1 is 1.19 bits per heavy atom. The Labute approximate surface area is 159 Å². The van der Waals surface area contributed by atoms with E-state index in [1.165, 1.54) is 56.7 Å². The van der Waals surface area contributed by atoms with Crippen LogP contribution in [-0.4, -0.2) is 15.1 Å². The first-order valence-corrected chi connectivity index (χ1v) is 9.82. The van der Waals surface area contributed by atoms with Gasteiger partial charge in [-0.3, -0.25) is 0 Å². The van der Waals surface area contributed by atoms with E-state index in [-0.39, 0.29) is 11.5 Å². The van der Waals surface area contributed by atoms with Gasteiger partial charge in [0, 0.05) is 5.56 Å². The molecule has 3 nitrogen and oxygen atoms in total. The Bertz CT molecular complexity index is 776. The van der Waals surface area contributed by atoms with Gasteiger partial charge in [0.15, 0.2) is 5.82 Å². The Hall–Kier alpha value is -1.97. The molecule has 0 N–H and O–H groups in total. The van der Waals surface area contributed by atoms with Crippen LogP contribution in [0.3, 0.4) is 0 Å². The molecule has 1 fully saturated rings. The van der Waals surface area contributed by atoms with Crippen LogP contribution in [0.25, 0.3) is 11.3 Å². The van der Waals surface area contributed by atoms with E-state index in [9.17, 15) is 4.39 Å². The van der Waals surface area contributed by atoms with Crippen LogP contribution in [0.2, 0.25) is 0 Å². The molecule has 26 heavy (non-hydrogen) atoms. The summed E-state index contributed by atoms with van der Waals surface area (Å²) < 4.78 is 14.2. The van der Waals surface area contributed by atoms with Gasteiger partial charge in [0.05, 0.1) is 11.4 Å². The molecule has 0 atom stereocenters. The van der Waals surface area contributed by atoms with Crippen LogP contribution in [-0.2, 0) is 0 Å². The van der Waals surface area contributed by atoms with Gasteiger partial charge < -0.3 is 0 Å². The predicted molar refractivity (Wildman–Crippen MR) is 106 cm³/mol. The summed E-state index contributed by atoms with van der Waals surface area (Å²) in [5, 5.41) is 2.17. The molecule has 0 bridgehead atoms. The summed E-state index contributed by atoms with van der Waals surface area (Å²) in [5.74, 6) is 1.03. The van der Waals surface area contributed by atoms with E-state index in [1.54, 1.807) is 0 Å². The fraction of sp³-hybridized carbons (Fsp3) is 0.476. The molecule has 5 heteroatoms. The van der Waals surface area contributed by atoms with Crippen LogP contribution in [0.1, 0.15) is 63.4 Å². The van der Waals surface area contributed by atoms with Crippen LogP contribution >= 0.6 is 12.2 Å². The maximum absolute atomic E-state index is 14.2. The Kier molecular flexibility index (Phi) is 6.59. The minimum Gasteiger partial charge on any atom is -0.247 e. The van der Waals surface area contributed by atoms with Crippen molar-refractivity contribution in [1.82, 2.24) is 9.97 Å². The van der Waals surface area contributed by atoms with Gasteiger partial charge in [-0.05, 0) is 55.3 Å². The molecule has 1 heterocycles. The number of unbranched alkanes of at least 4 members (excludes halogenated alkanes) is 1. The topological polar surface area (TPSA) is 38.1 Å². The number of hydrogen-bond acceptors (Lipinski definition) is 4. The van der Waals surface area contributed by atoms with E-state index < -0.39 is 5.95 Å². The molecular weight excluding hydrogens is 345 g/mol. The minimum absolute atomic E-state index is 0.137. The number of aromatic nitrogens is 2. The Balaban J connectivity index is 1.67. The highest BCUT2D eigenvalue weighted by Crippen LogP contribution is 2.38. The third-order valence-electron chi connectivity index (χ3n) is 5.35. The van der Waals surface area contributed by atoms with Gasteiger partial charge in [-0.2, -0.15) is 14.4 Å². The summed E-state index contributed by atoms with van der Waals surface area (Å²) in [6.07, 6.45) is 10.6. The van der Waals surface area contributed by atoms with E-state index in [2.05, 4.69) is 51.4 Å². The molecule has 1 aromatic heterocycles. The Morgan fingerprint density at radius 3 is 2.54 bits per heavy atom. The van der Waals surface area contributed by atoms with Crippen molar-refractivity contribution < 1.29 is 4.39 Å². The van der Waals surface area contributed by atoms with Crippen molar-refractivity contribution in [2.45, 2.75) is 57.8 Å². The predicted octanol–water partition coefficient (Wildman–Crippen LogP) is 6.48. The van der Waals surface area contributed by atoms with Crippen LogP contribution < -0.4 is 0 Å². The van der Waals surface area contributed by atoms with Crippen molar-refractivity contribution in [2.24, 2.45) is 10.9 Å². The highest BCUT2D eigenvalue weighted by Gasteiger charge is 2.22. The van der Waals surface area contributed by atoms with Crippen molar-refractivity contribution in [3.05, 3.63) is 42.0 Å². The third kappa shape index (κ3) is 4.60. The molecule has 136 valence electrons. The molecule has 0 spiro atoms. The first-order chi connectivity index (χ1) is 12.7. The number of thiocarbonyl (C=S) groups is 1. The summed E-state index contributed by atoms with van der Waals surface area (Å²) in [7, 11) is 0. The number of halogens is 1. The van der Waals surface area contributed by atoms with E-state index in [0.29, 0.717) is 5.92 Å². The van der Waals surface area contributed by atoms with E-state index in [0.717, 1.165) is 11.5 Å². The zero-order valence-electron chi connectivity index (χ0n) is 15.1. The minimum atomic E-state index is -0.638. The zero-order valence-corrected chi connectivity index (χ0v) is 15.9. The Morgan fingerprint density at radius 2 is 1.92 bits per heavy atom. The maximum Gasteiger partial charge on any atom is 0.241 e. The highest BCUT2D eigenvalue weighted by molar-refractivity contribution is 7.78. The summed E-state index contributed by atoms with van der Waals surface area (Å²) in [5.41, 5.74) is 2.31. The molecule has 1 aromatic carbocycles. The first-order valence-electron chi connectivity index (χ1n) is 9.42. The van der Waals surface area contributed by atoms with Crippen LogP contribution in [0.15, 0.2) is 35.5 Å². The molecule has 1 aliphatic carbocycles. The molecule has 0 radical (unpaired) electrons. The fourth-order valence-electron chi connectivity index (χ4n) is 3.84. The standard InChI is InChI=1S/C21H24FN3S/c1-2-3-4-15-5-7-16(8-6-15)17-9-11-18(12-10-17)20-21(22)25-19(13-23-20)24-14-26/h9-13,15-16H,2-8H2,1H3. The van der Waals surface area contributed by atoms with Gasteiger partial charge in [0.25, 0.3) is 0 Å². The van der Waals surface area contributed by atoms with E-state index in [1.807, 2.05) is 12.1 Å². The molecule has 0 aliphatic heterocycles. The molecule has 1 saturated carbocycles. The van der Waals surface area contributed by atoms with E-state index in [4.69, 9.17) is 0 Å². The largest absolute Gasteiger partial charge is 0.247 e. The van der Waals surface area contributed by atoms with Gasteiger partial charge in [0.2, 0.25) is 5.95 Å². The van der Waals surface area contributed by atoms with Crippen molar-refractivity contribution in [3.8, 4) is 11.3 Å². The fourth-order valence-corrected chi connectivity index (χ4v) is 3.94. The quantitative estimate of drug-likeness (QED) is 0.432. The summed E-state index contributed by atoms with van der Waals surface area (Å²) in [6.45, 7) is 2.26. The van der Waals surface area contributed by atoms with Gasteiger partial charge >= 0.3 is 0 Å². The van der Waals surface area contributed by atoms with Gasteiger partial charge in [-0.1, -0.05) is 50.5 Å². The SMILES string of the molecule is CCCCC1CCC(c2ccc(-c3ncc(N=C=S)nc3F)cc2)CC1. The van der Waals surface area contributed by atoms with Crippen molar-refractivity contribution in [3.63, 3.8) is 0 Å². The van der Waals surface area contributed by atoms with Crippen molar-refractivity contribution in [1.29, 1.82) is 0 Å². The van der Waals surface area contributed by atoms with Crippen LogP contribution in [0.5, 0.6) is 0 Å². The molecule has 2 aromatic rings. The van der Waals surface area contributed by atoms with Gasteiger partial charge in [-0.25, -0.2) is 4.98 Å². The number of hydrogen-bond donors (Lipinski definition) is 0. The number of rotatable bonds is 6. The average molecular weight is 370 g/mol. The number of benzene rings is 1. The highest BCUT2D eigenvalue weighted by atomic mass is 32.1. The smallest absolute Gasteiger partial charge is 0.241 e. The molecule has 0 amide bonds. The summed E-state index contributed by atoms with van der Waals surface area (Å²) in [4.78, 5) is 11.5. The van der Waals surface area contributed by atoms with Gasteiger partial charge in [0.1, 0.15) is 5.69 Å². The normalized spacial score (nSPS) is 19.8. The molecule has 0 saturated heterocycles. The second kappa shape index (κ2) is 9.11. The first kappa shape index (κ1) is 18.8. The lowest BCUT2D eigenvalue weighted by atomic mass is 9.77. The summed E-state index contributed by atoms with van der Waals surface area (Å²) >= 11 is 4.50. The van der Waals surface area contributed by atoms with E-state index >= 15 is 0 Å². The summed E-state index contributed by atoms with van der Waals surface area (Å²) in [6, 6.07) is 8.09. The maximum atomic E-state index is 14.2. The second-order valence-corrected chi connectivity index (χ2v) is 7.24. The number of nitrogens with zero attached hydrogens (tertiary/aromatic N) is 3. The second-order valence-electron chi connectivity index (χ2n) is 7.05. The molecular formula is C21H24FN3S. The van der Waals surface area contributed by atoms with Gasteiger partial charge in [-0.15, -0.1) is 0 Å². The average Bonchev–Trinajstić information content (AvgIpc) is 2.67. The lowest BCUT2D eigenvalue weighted by Crippen LogP contribution is -2.13. The monoisotopic (exact) mass is 369 g/mol. The lowest BCUT2D eigenvalue weighted by molar-refractivity contribution is 0.304. The molecule has 0 unspecified atom stereocenters. The van der Waals surface area contributed by atoms with Crippen LogP contribution in [0, 0.1) is 11.9 Å². The van der Waals surface area contributed by atoms with Crippen molar-refractivity contribution >= 4 is 23.2 Å². The number of isothiocyanates is 1. The third-order valence-corrected chi connectivity index (χ3v) is 5.44. The molecule has 1 aliphatic rings. The number of aliphatic imine (C=N–C) groups is 1. The van der Waals surface area contributed by atoms with Crippen molar-refractivity contribution in [2.75, 3.05) is 0 Å². The zero-order chi connectivity index (χ0) is 18.4. The molecule has 3 rings (SSSR count).